The molecule has 1 unspecified atom stereocenters. The number of alkyl halides is 2. The lowest BCUT2D eigenvalue weighted by atomic mass is 9.84. The highest BCUT2D eigenvalue weighted by atomic mass is 35.5. The van der Waals surface area contributed by atoms with E-state index in [0.717, 1.165) is 0 Å². The Balaban J connectivity index is 1.65. The summed E-state index contributed by atoms with van der Waals surface area (Å²) in [7, 11) is 1.80. The van der Waals surface area contributed by atoms with Crippen LogP contribution in [0, 0.1) is 0 Å². The minimum absolute atomic E-state index is 0.0174. The number of aromatic nitrogens is 3. The number of aliphatic hydroxyl groups excluding tert-OH is 2. The molecule has 1 aliphatic heterocycles. The number of nitrogens with zero attached hydrogens (tertiary/aromatic N) is 4. The van der Waals surface area contributed by atoms with Crippen LogP contribution in [0.2, 0.25) is 5.02 Å². The molecule has 0 spiro atoms. The maximum atomic E-state index is 17.7. The van der Waals surface area contributed by atoms with Crippen molar-refractivity contribution in [2.75, 3.05) is 19.3 Å². The minimum atomic E-state index is -2.79. The third kappa shape index (κ3) is 5.73. The Morgan fingerprint density at radius 2 is 1.90 bits per heavy atom. The zero-order valence-electron chi connectivity index (χ0n) is 22.7. The molecular formula is C30H29Cl2FN4O5. The second kappa shape index (κ2) is 12.8. The Labute approximate surface area is 252 Å². The summed E-state index contributed by atoms with van der Waals surface area (Å²) in [6.45, 7) is -0.800. The highest BCUT2D eigenvalue weighted by Crippen LogP contribution is 2.50. The van der Waals surface area contributed by atoms with Crippen LogP contribution in [0.5, 0.6) is 5.75 Å². The van der Waals surface area contributed by atoms with Crippen LogP contribution >= 0.6 is 23.2 Å². The van der Waals surface area contributed by atoms with E-state index in [2.05, 4.69) is 9.97 Å². The van der Waals surface area contributed by atoms with Crippen LogP contribution in [0.1, 0.15) is 39.4 Å². The Kier molecular flexibility index (Phi) is 9.10. The molecule has 3 heterocycles. The Bertz CT molecular complexity index is 1550. The van der Waals surface area contributed by atoms with E-state index in [4.69, 9.17) is 32.8 Å². The molecule has 0 bridgehead atoms. The summed E-state index contributed by atoms with van der Waals surface area (Å²) in [6.07, 6.45) is 3.66. The molecule has 4 aromatic rings. The third-order valence-corrected chi connectivity index (χ3v) is 7.55. The normalized spacial score (nSPS) is 17.0. The van der Waals surface area contributed by atoms with E-state index in [1.54, 1.807) is 72.7 Å². The first-order valence-corrected chi connectivity index (χ1v) is 14.2. The van der Waals surface area contributed by atoms with Gasteiger partial charge in [-0.25, -0.2) is 9.37 Å². The summed E-state index contributed by atoms with van der Waals surface area (Å²) in [5.41, 5.74) is 2.32. The second-order valence-corrected chi connectivity index (χ2v) is 10.4. The molecule has 0 radical (unpaired) electrons. The summed E-state index contributed by atoms with van der Waals surface area (Å²) in [5, 5.41) is 22.0. The van der Waals surface area contributed by atoms with Gasteiger partial charge in [0.1, 0.15) is 17.7 Å². The van der Waals surface area contributed by atoms with E-state index < -0.39 is 24.4 Å². The van der Waals surface area contributed by atoms with Crippen LogP contribution in [0.15, 0.2) is 67.1 Å². The van der Waals surface area contributed by atoms with Crippen molar-refractivity contribution in [3.63, 3.8) is 0 Å². The number of ether oxygens (including phenoxy) is 1. The monoisotopic (exact) mass is 614 g/mol. The standard InChI is InChI=1S/C30H29Cl2FN4O5/c1-36-13-12-34-26(36)11-10-25(39)30(33)28-24(29(40)37(30)42-15-14-38)9-4-20(27(28)19-2-5-21(32)6-3-19)16-22-7-8-23(17-35-22)41-18-31/h2-9,12-13,17,25,38-39H,10-11,14-16,18H2,1H3/t25?,30-/m1/s1. The van der Waals surface area contributed by atoms with Gasteiger partial charge in [-0.2, -0.15) is 5.06 Å². The first-order valence-electron chi connectivity index (χ1n) is 13.2. The van der Waals surface area contributed by atoms with Crippen LogP contribution in [0.3, 0.4) is 0 Å². The number of carbonyl (C=O) groups excluding carboxylic acids is 1. The van der Waals surface area contributed by atoms with E-state index in [1.165, 1.54) is 6.07 Å². The van der Waals surface area contributed by atoms with Crippen LogP contribution < -0.4 is 4.74 Å². The van der Waals surface area contributed by atoms with Crippen LogP contribution in [-0.4, -0.2) is 61.1 Å². The largest absolute Gasteiger partial charge is 0.476 e. The number of fused-ring (bicyclic) bond motifs is 1. The molecule has 2 aromatic heterocycles. The van der Waals surface area contributed by atoms with Gasteiger partial charge in [0.25, 0.3) is 11.7 Å². The summed E-state index contributed by atoms with van der Waals surface area (Å²) in [5.74, 6) is -2.41. The molecule has 5 rings (SSSR count). The Hall–Kier alpha value is -3.54. The SMILES string of the molecule is Cn1ccnc1CCC(O)[C@]1(F)c2c(ccc(Cc3ccc(OCCl)cn3)c2-c2ccc(Cl)cc2)C(=O)N1OCCO. The topological polar surface area (TPSA) is 110 Å². The number of pyridine rings is 1. The number of aryl methyl sites for hydroxylation is 2. The van der Waals surface area contributed by atoms with E-state index in [0.29, 0.717) is 44.0 Å². The average molecular weight is 615 g/mol. The van der Waals surface area contributed by atoms with Crippen molar-refractivity contribution in [2.24, 2.45) is 7.05 Å². The molecule has 1 aliphatic rings. The molecule has 0 aliphatic carbocycles. The van der Waals surface area contributed by atoms with Crippen molar-refractivity contribution >= 4 is 29.1 Å². The van der Waals surface area contributed by atoms with Gasteiger partial charge in [-0.15, -0.1) is 0 Å². The lowest BCUT2D eigenvalue weighted by Gasteiger charge is -2.35. The van der Waals surface area contributed by atoms with E-state index in [-0.39, 0.29) is 43.1 Å². The fourth-order valence-corrected chi connectivity index (χ4v) is 5.43. The molecule has 0 saturated heterocycles. The minimum Gasteiger partial charge on any atom is -0.476 e. The highest BCUT2D eigenvalue weighted by molar-refractivity contribution is 6.30. The number of rotatable bonds is 12. The van der Waals surface area contributed by atoms with Crippen molar-refractivity contribution in [3.8, 4) is 16.9 Å². The van der Waals surface area contributed by atoms with Gasteiger partial charge in [-0.1, -0.05) is 41.4 Å². The van der Waals surface area contributed by atoms with Crippen molar-refractivity contribution in [1.82, 2.24) is 19.6 Å². The number of hydrogen-bond acceptors (Lipinski definition) is 7. The predicted molar refractivity (Wildman–Crippen MR) is 155 cm³/mol. The van der Waals surface area contributed by atoms with Crippen molar-refractivity contribution < 1.29 is 29.0 Å². The molecule has 220 valence electrons. The summed E-state index contributed by atoms with van der Waals surface area (Å²) in [4.78, 5) is 27.8. The lowest BCUT2D eigenvalue weighted by Crippen LogP contribution is -2.49. The van der Waals surface area contributed by atoms with E-state index in [9.17, 15) is 15.0 Å². The Morgan fingerprint density at radius 1 is 1.12 bits per heavy atom. The van der Waals surface area contributed by atoms with Crippen LogP contribution in [0.25, 0.3) is 11.1 Å². The molecule has 1 amide bonds. The number of benzene rings is 2. The summed E-state index contributed by atoms with van der Waals surface area (Å²) < 4.78 is 24.8. The molecule has 9 nitrogen and oxygen atoms in total. The smallest absolute Gasteiger partial charge is 0.281 e. The van der Waals surface area contributed by atoms with Crippen molar-refractivity contribution in [2.45, 2.75) is 31.2 Å². The zero-order chi connectivity index (χ0) is 29.9. The van der Waals surface area contributed by atoms with Gasteiger partial charge in [0.15, 0.2) is 6.07 Å². The zero-order valence-corrected chi connectivity index (χ0v) is 24.2. The molecular weight excluding hydrogens is 586 g/mol. The fourth-order valence-electron chi connectivity index (χ4n) is 5.18. The van der Waals surface area contributed by atoms with Gasteiger partial charge < -0.3 is 19.5 Å². The number of hydrogen-bond donors (Lipinski definition) is 2. The first-order chi connectivity index (χ1) is 20.3. The van der Waals surface area contributed by atoms with Crippen LogP contribution in [-0.2, 0) is 30.5 Å². The molecule has 2 atom stereocenters. The summed E-state index contributed by atoms with van der Waals surface area (Å²) >= 11 is 11.8. The maximum Gasteiger partial charge on any atom is 0.281 e. The van der Waals surface area contributed by atoms with E-state index >= 15 is 4.39 Å². The molecule has 42 heavy (non-hydrogen) atoms. The van der Waals surface area contributed by atoms with Gasteiger partial charge in [-0.3, -0.25) is 14.6 Å². The predicted octanol–water partition coefficient (Wildman–Crippen LogP) is 4.80. The number of aliphatic hydroxyl groups is 2. The number of carbonyl (C=O) groups is 1. The Morgan fingerprint density at radius 3 is 2.55 bits per heavy atom. The number of halogens is 3. The highest BCUT2D eigenvalue weighted by Gasteiger charge is 2.58. The molecule has 12 heteroatoms. The van der Waals surface area contributed by atoms with Crippen molar-refractivity contribution in [3.05, 3.63) is 100 Å². The summed E-state index contributed by atoms with van der Waals surface area (Å²) in [6, 6.07) is 13.6. The number of amides is 1. The lowest BCUT2D eigenvalue weighted by molar-refractivity contribution is -0.262. The quantitative estimate of drug-likeness (QED) is 0.174. The van der Waals surface area contributed by atoms with E-state index in [1.807, 2.05) is 0 Å². The van der Waals surface area contributed by atoms with Crippen LogP contribution in [0.4, 0.5) is 4.39 Å². The number of imidazole rings is 1. The third-order valence-electron chi connectivity index (χ3n) is 7.19. The number of hydroxylamine groups is 2. The van der Waals surface area contributed by atoms with Gasteiger partial charge in [0.05, 0.1) is 25.0 Å². The van der Waals surface area contributed by atoms with Gasteiger partial charge in [0.2, 0.25) is 0 Å². The average Bonchev–Trinajstić information content (AvgIpc) is 3.50. The fraction of sp³-hybridized carbons (Fsp3) is 0.300. The van der Waals surface area contributed by atoms with Crippen molar-refractivity contribution in [1.29, 1.82) is 0 Å². The van der Waals surface area contributed by atoms with Gasteiger partial charge in [0, 0.05) is 48.6 Å². The molecule has 0 fully saturated rings. The molecule has 0 saturated carbocycles. The van der Waals surface area contributed by atoms with Gasteiger partial charge in [-0.05, 0) is 53.4 Å². The molecule has 2 aromatic carbocycles. The van der Waals surface area contributed by atoms with Gasteiger partial charge >= 0.3 is 0 Å². The second-order valence-electron chi connectivity index (χ2n) is 9.78. The molecule has 2 N–H and O–H groups in total. The maximum absolute atomic E-state index is 17.7. The first kappa shape index (κ1) is 29.9.